The minimum absolute atomic E-state index is 0.0577. The molecule has 0 aliphatic heterocycles. The third-order valence-corrected chi connectivity index (χ3v) is 3.64. The highest BCUT2D eigenvalue weighted by molar-refractivity contribution is 6.32. The first-order chi connectivity index (χ1) is 10.9. The zero-order chi connectivity index (χ0) is 16.6. The first-order valence-corrected chi connectivity index (χ1v) is 7.10. The number of nitro groups is 1. The number of benzene rings is 2. The second kappa shape index (κ2) is 5.81. The molecule has 0 saturated carbocycles. The van der Waals surface area contributed by atoms with Gasteiger partial charge in [0.05, 0.1) is 10.4 Å². The van der Waals surface area contributed by atoms with E-state index in [0.717, 1.165) is 5.69 Å². The molecule has 0 aliphatic carbocycles. The fraction of sp³-hybridized carbons (Fsp3) is 0.0625. The predicted octanol–water partition coefficient (Wildman–Crippen LogP) is 4.99. The molecule has 3 rings (SSSR count). The molecule has 1 heterocycles. The van der Waals surface area contributed by atoms with E-state index in [9.17, 15) is 14.5 Å². The molecule has 0 unspecified atom stereocenters. The number of pyridine rings is 1. The van der Waals surface area contributed by atoms with Gasteiger partial charge in [-0.1, -0.05) is 11.6 Å². The van der Waals surface area contributed by atoms with E-state index in [1.54, 1.807) is 18.2 Å². The van der Waals surface area contributed by atoms with Crippen LogP contribution in [0.15, 0.2) is 42.5 Å². The van der Waals surface area contributed by atoms with Gasteiger partial charge in [-0.15, -0.1) is 0 Å². The van der Waals surface area contributed by atoms with Gasteiger partial charge in [0.1, 0.15) is 10.8 Å². The highest BCUT2D eigenvalue weighted by atomic mass is 35.5. The van der Waals surface area contributed by atoms with Gasteiger partial charge < -0.3 is 5.32 Å². The van der Waals surface area contributed by atoms with Crippen LogP contribution in [0.3, 0.4) is 0 Å². The molecule has 0 atom stereocenters. The van der Waals surface area contributed by atoms with Crippen molar-refractivity contribution in [1.82, 2.24) is 4.98 Å². The molecular formula is C16H11ClFN3O2. The van der Waals surface area contributed by atoms with Crippen molar-refractivity contribution in [1.29, 1.82) is 0 Å². The molecule has 3 aromatic rings. The molecule has 0 fully saturated rings. The lowest BCUT2D eigenvalue weighted by Crippen LogP contribution is -1.97. The van der Waals surface area contributed by atoms with Crippen molar-refractivity contribution < 1.29 is 9.31 Å². The van der Waals surface area contributed by atoms with Crippen LogP contribution in [0.4, 0.5) is 21.5 Å². The average molecular weight is 332 g/mol. The van der Waals surface area contributed by atoms with Crippen LogP contribution in [-0.4, -0.2) is 9.91 Å². The van der Waals surface area contributed by atoms with Crippen LogP contribution in [0.25, 0.3) is 10.9 Å². The number of rotatable bonds is 3. The van der Waals surface area contributed by atoms with Gasteiger partial charge in [0.15, 0.2) is 0 Å². The lowest BCUT2D eigenvalue weighted by atomic mass is 10.1. The van der Waals surface area contributed by atoms with Crippen LogP contribution >= 0.6 is 11.6 Å². The normalized spacial score (nSPS) is 10.7. The standard InChI is InChI=1S/C16H11ClFN3O2/c1-9-6-15(12-7-10(18)2-5-14(12)19-9)20-11-3-4-13(17)16(8-11)21(22)23/h2-8H,1H3,(H,19,20). The lowest BCUT2D eigenvalue weighted by molar-refractivity contribution is -0.384. The number of aromatic nitrogens is 1. The largest absolute Gasteiger partial charge is 0.355 e. The molecule has 0 bridgehead atoms. The Morgan fingerprint density at radius 2 is 2.00 bits per heavy atom. The summed E-state index contributed by atoms with van der Waals surface area (Å²) in [4.78, 5) is 14.8. The molecule has 0 radical (unpaired) electrons. The maximum absolute atomic E-state index is 13.5. The Kier molecular flexibility index (Phi) is 3.83. The minimum atomic E-state index is -0.552. The van der Waals surface area contributed by atoms with E-state index in [1.807, 2.05) is 6.92 Å². The highest BCUT2D eigenvalue weighted by Gasteiger charge is 2.13. The predicted molar refractivity (Wildman–Crippen MR) is 87.8 cm³/mol. The molecule has 23 heavy (non-hydrogen) atoms. The summed E-state index contributed by atoms with van der Waals surface area (Å²) in [6, 6.07) is 10.5. The van der Waals surface area contributed by atoms with E-state index in [0.29, 0.717) is 22.3 Å². The Morgan fingerprint density at radius 3 is 2.74 bits per heavy atom. The van der Waals surface area contributed by atoms with Crippen LogP contribution in [0, 0.1) is 22.9 Å². The van der Waals surface area contributed by atoms with Gasteiger partial charge in [-0.3, -0.25) is 15.1 Å². The average Bonchev–Trinajstić information content (AvgIpc) is 2.49. The highest BCUT2D eigenvalue weighted by Crippen LogP contribution is 2.31. The van der Waals surface area contributed by atoms with Crippen molar-refractivity contribution in [2.24, 2.45) is 0 Å². The number of nitro benzene ring substituents is 1. The van der Waals surface area contributed by atoms with E-state index >= 15 is 0 Å². The van der Waals surface area contributed by atoms with Gasteiger partial charge in [-0.25, -0.2) is 4.39 Å². The summed E-state index contributed by atoms with van der Waals surface area (Å²) in [6.07, 6.45) is 0. The van der Waals surface area contributed by atoms with E-state index in [4.69, 9.17) is 11.6 Å². The topological polar surface area (TPSA) is 68.1 Å². The van der Waals surface area contributed by atoms with Gasteiger partial charge in [0.25, 0.3) is 5.69 Å². The maximum atomic E-state index is 13.5. The van der Waals surface area contributed by atoms with Gasteiger partial charge in [0.2, 0.25) is 0 Å². The van der Waals surface area contributed by atoms with Gasteiger partial charge in [0, 0.05) is 28.5 Å². The summed E-state index contributed by atoms with van der Waals surface area (Å²) in [6.45, 7) is 1.82. The van der Waals surface area contributed by atoms with Crippen molar-refractivity contribution >= 4 is 39.6 Å². The molecular weight excluding hydrogens is 321 g/mol. The van der Waals surface area contributed by atoms with E-state index < -0.39 is 4.92 Å². The SMILES string of the molecule is Cc1cc(Nc2ccc(Cl)c([N+](=O)[O-])c2)c2cc(F)ccc2n1. The van der Waals surface area contributed by atoms with Crippen LogP contribution in [0.2, 0.25) is 5.02 Å². The Morgan fingerprint density at radius 1 is 1.22 bits per heavy atom. The Bertz CT molecular complexity index is 931. The Hall–Kier alpha value is -2.73. The molecule has 2 aromatic carbocycles. The van der Waals surface area contributed by atoms with Gasteiger partial charge >= 0.3 is 0 Å². The summed E-state index contributed by atoms with van der Waals surface area (Å²) in [5.41, 5.74) is 2.28. The third-order valence-electron chi connectivity index (χ3n) is 3.32. The zero-order valence-corrected chi connectivity index (χ0v) is 12.8. The first kappa shape index (κ1) is 15.2. The fourth-order valence-electron chi connectivity index (χ4n) is 2.32. The molecule has 0 saturated heterocycles. The molecule has 0 amide bonds. The van der Waals surface area contributed by atoms with E-state index in [2.05, 4.69) is 10.3 Å². The van der Waals surface area contributed by atoms with Crippen molar-refractivity contribution in [2.45, 2.75) is 6.92 Å². The summed E-state index contributed by atoms with van der Waals surface area (Å²) in [5, 5.41) is 14.7. The van der Waals surface area contributed by atoms with Crippen molar-refractivity contribution in [2.75, 3.05) is 5.32 Å². The molecule has 1 N–H and O–H groups in total. The van der Waals surface area contributed by atoms with Crippen molar-refractivity contribution in [3.63, 3.8) is 0 Å². The van der Waals surface area contributed by atoms with Gasteiger partial charge in [-0.05, 0) is 43.3 Å². The third kappa shape index (κ3) is 3.07. The minimum Gasteiger partial charge on any atom is -0.355 e. The number of nitrogens with zero attached hydrogens (tertiary/aromatic N) is 2. The zero-order valence-electron chi connectivity index (χ0n) is 12.0. The number of hydrogen-bond acceptors (Lipinski definition) is 4. The van der Waals surface area contributed by atoms with Crippen molar-refractivity contribution in [3.8, 4) is 0 Å². The monoisotopic (exact) mass is 331 g/mol. The Balaban J connectivity index is 2.10. The van der Waals surface area contributed by atoms with Crippen LogP contribution in [-0.2, 0) is 0 Å². The van der Waals surface area contributed by atoms with E-state index in [1.165, 1.54) is 24.3 Å². The van der Waals surface area contributed by atoms with Gasteiger partial charge in [-0.2, -0.15) is 0 Å². The molecule has 7 heteroatoms. The number of fused-ring (bicyclic) bond motifs is 1. The number of hydrogen-bond donors (Lipinski definition) is 1. The second-order valence-corrected chi connectivity index (χ2v) is 5.43. The lowest BCUT2D eigenvalue weighted by Gasteiger charge is -2.11. The smallest absolute Gasteiger partial charge is 0.289 e. The molecule has 0 aliphatic rings. The molecule has 0 spiro atoms. The quantitative estimate of drug-likeness (QED) is 0.542. The van der Waals surface area contributed by atoms with Crippen molar-refractivity contribution in [3.05, 3.63) is 69.1 Å². The fourth-order valence-corrected chi connectivity index (χ4v) is 2.51. The maximum Gasteiger partial charge on any atom is 0.289 e. The Labute approximate surface area is 135 Å². The second-order valence-electron chi connectivity index (χ2n) is 5.02. The van der Waals surface area contributed by atoms with Crippen LogP contribution in [0.5, 0.6) is 0 Å². The number of aryl methyl sites for hydroxylation is 1. The van der Waals surface area contributed by atoms with E-state index in [-0.39, 0.29) is 16.5 Å². The summed E-state index contributed by atoms with van der Waals surface area (Å²) < 4.78 is 13.5. The summed E-state index contributed by atoms with van der Waals surface area (Å²) in [5.74, 6) is -0.381. The molecule has 5 nitrogen and oxygen atoms in total. The molecule has 1 aromatic heterocycles. The first-order valence-electron chi connectivity index (χ1n) is 6.72. The summed E-state index contributed by atoms with van der Waals surface area (Å²) in [7, 11) is 0. The summed E-state index contributed by atoms with van der Waals surface area (Å²) >= 11 is 5.81. The van der Waals surface area contributed by atoms with Crippen LogP contribution < -0.4 is 5.32 Å². The molecule has 116 valence electrons. The van der Waals surface area contributed by atoms with Crippen LogP contribution in [0.1, 0.15) is 5.69 Å². The number of nitrogens with one attached hydrogen (secondary N) is 1. The number of anilines is 2. The number of halogens is 2.